The molecule has 0 radical (unpaired) electrons. The van der Waals surface area contributed by atoms with Gasteiger partial charge in [-0.15, -0.1) is 0 Å². The van der Waals surface area contributed by atoms with Crippen molar-refractivity contribution in [3.8, 4) is 11.5 Å². The summed E-state index contributed by atoms with van der Waals surface area (Å²) in [6.07, 6.45) is 3.34. The highest BCUT2D eigenvalue weighted by molar-refractivity contribution is 5.92. The molecule has 0 saturated carbocycles. The van der Waals surface area contributed by atoms with E-state index in [1.165, 1.54) is 11.1 Å². The number of rotatable bonds is 6. The van der Waals surface area contributed by atoms with Gasteiger partial charge in [0.1, 0.15) is 6.26 Å². The Bertz CT molecular complexity index is 881. The summed E-state index contributed by atoms with van der Waals surface area (Å²) >= 11 is 0. The zero-order chi connectivity index (χ0) is 18.4. The zero-order valence-electron chi connectivity index (χ0n) is 15.2. The van der Waals surface area contributed by atoms with Gasteiger partial charge in [0.15, 0.2) is 5.96 Å². The third kappa shape index (κ3) is 4.72. The second-order valence-electron chi connectivity index (χ2n) is 6.21. The van der Waals surface area contributed by atoms with Crippen molar-refractivity contribution >= 4 is 11.6 Å². The first-order valence-corrected chi connectivity index (χ1v) is 8.81. The van der Waals surface area contributed by atoms with Gasteiger partial charge in [-0.1, -0.05) is 36.8 Å². The maximum Gasteiger partial charge on any atom is 0.226 e. The molecule has 26 heavy (non-hydrogen) atoms. The zero-order valence-corrected chi connectivity index (χ0v) is 15.2. The number of aryl methyl sites for hydroxylation is 2. The van der Waals surface area contributed by atoms with E-state index in [1.54, 1.807) is 6.26 Å². The molecule has 0 bridgehead atoms. The molecule has 5 heteroatoms. The van der Waals surface area contributed by atoms with E-state index in [9.17, 15) is 0 Å². The van der Waals surface area contributed by atoms with E-state index in [-0.39, 0.29) is 0 Å². The summed E-state index contributed by atoms with van der Waals surface area (Å²) in [6, 6.07) is 16.3. The van der Waals surface area contributed by atoms with E-state index in [1.807, 2.05) is 36.4 Å². The van der Waals surface area contributed by atoms with Crippen LogP contribution in [-0.2, 0) is 12.8 Å². The predicted molar refractivity (Wildman–Crippen MR) is 106 cm³/mol. The van der Waals surface area contributed by atoms with Crippen LogP contribution in [0.25, 0.3) is 11.5 Å². The van der Waals surface area contributed by atoms with Crippen LogP contribution in [0.3, 0.4) is 0 Å². The minimum Gasteiger partial charge on any atom is -0.444 e. The molecule has 0 aliphatic carbocycles. The average molecular weight is 348 g/mol. The largest absolute Gasteiger partial charge is 0.444 e. The van der Waals surface area contributed by atoms with Crippen LogP contribution in [0, 0.1) is 6.92 Å². The summed E-state index contributed by atoms with van der Waals surface area (Å²) in [7, 11) is 0. The SMILES string of the molecule is CCc1cccc(NC(N)=NCCc2coc(-c3ccc(C)cc3)n2)c1. The molecule has 3 aromatic rings. The topological polar surface area (TPSA) is 76.4 Å². The van der Waals surface area contributed by atoms with Gasteiger partial charge in [0.25, 0.3) is 0 Å². The average Bonchev–Trinajstić information content (AvgIpc) is 3.11. The Kier molecular flexibility index (Phi) is 5.69. The third-order valence-corrected chi connectivity index (χ3v) is 4.11. The number of guanidine groups is 1. The van der Waals surface area contributed by atoms with Crippen LogP contribution in [0.4, 0.5) is 5.69 Å². The first kappa shape index (κ1) is 17.7. The van der Waals surface area contributed by atoms with Crippen LogP contribution in [-0.4, -0.2) is 17.5 Å². The third-order valence-electron chi connectivity index (χ3n) is 4.11. The molecule has 0 aliphatic heterocycles. The lowest BCUT2D eigenvalue weighted by Crippen LogP contribution is -2.23. The minimum absolute atomic E-state index is 0.403. The van der Waals surface area contributed by atoms with Crippen LogP contribution in [0.5, 0.6) is 0 Å². The maximum absolute atomic E-state index is 5.97. The van der Waals surface area contributed by atoms with E-state index in [0.717, 1.165) is 23.4 Å². The Hall–Kier alpha value is -3.08. The molecule has 0 saturated heterocycles. The quantitative estimate of drug-likeness (QED) is 0.517. The lowest BCUT2D eigenvalue weighted by atomic mass is 10.1. The van der Waals surface area contributed by atoms with Crippen LogP contribution >= 0.6 is 0 Å². The van der Waals surface area contributed by atoms with Gasteiger partial charge in [-0.3, -0.25) is 4.99 Å². The normalized spacial score (nSPS) is 11.5. The molecule has 0 atom stereocenters. The second kappa shape index (κ2) is 8.34. The number of aromatic nitrogens is 1. The summed E-state index contributed by atoms with van der Waals surface area (Å²) < 4.78 is 5.56. The first-order chi connectivity index (χ1) is 12.6. The highest BCUT2D eigenvalue weighted by Crippen LogP contribution is 2.19. The van der Waals surface area contributed by atoms with Gasteiger partial charge in [-0.2, -0.15) is 0 Å². The Morgan fingerprint density at radius 1 is 1.19 bits per heavy atom. The van der Waals surface area contributed by atoms with Crippen LogP contribution in [0.2, 0.25) is 0 Å². The van der Waals surface area contributed by atoms with Crippen LogP contribution in [0.15, 0.2) is 64.2 Å². The first-order valence-electron chi connectivity index (χ1n) is 8.81. The summed E-state index contributed by atoms with van der Waals surface area (Å²) in [5.74, 6) is 1.03. The number of benzene rings is 2. The molecule has 0 fully saturated rings. The van der Waals surface area contributed by atoms with Gasteiger partial charge in [-0.05, 0) is 43.2 Å². The van der Waals surface area contributed by atoms with Crippen molar-refractivity contribution in [2.24, 2.45) is 10.7 Å². The number of nitrogens with two attached hydrogens (primary N) is 1. The van der Waals surface area contributed by atoms with Crippen LogP contribution < -0.4 is 11.1 Å². The molecule has 5 nitrogen and oxygen atoms in total. The Morgan fingerprint density at radius 2 is 2.00 bits per heavy atom. The standard InChI is InChI=1S/C21H24N4O/c1-3-16-5-4-6-18(13-16)25-21(22)23-12-11-19-14-26-20(24-19)17-9-7-15(2)8-10-17/h4-10,13-14H,3,11-12H2,1-2H3,(H3,22,23,25). The molecule has 0 spiro atoms. The van der Waals surface area contributed by atoms with E-state index >= 15 is 0 Å². The van der Waals surface area contributed by atoms with Gasteiger partial charge >= 0.3 is 0 Å². The van der Waals surface area contributed by atoms with Crippen molar-refractivity contribution in [3.05, 3.63) is 71.6 Å². The second-order valence-corrected chi connectivity index (χ2v) is 6.21. The molecular weight excluding hydrogens is 324 g/mol. The highest BCUT2D eigenvalue weighted by Gasteiger charge is 2.06. The van der Waals surface area contributed by atoms with E-state index in [0.29, 0.717) is 24.8 Å². The van der Waals surface area contributed by atoms with Gasteiger partial charge in [0.2, 0.25) is 5.89 Å². The fourth-order valence-corrected chi connectivity index (χ4v) is 2.60. The lowest BCUT2D eigenvalue weighted by molar-refractivity contribution is 0.572. The highest BCUT2D eigenvalue weighted by atomic mass is 16.3. The maximum atomic E-state index is 5.97. The fourth-order valence-electron chi connectivity index (χ4n) is 2.60. The van der Waals surface area contributed by atoms with E-state index < -0.39 is 0 Å². The molecule has 1 aromatic heterocycles. The minimum atomic E-state index is 0.403. The van der Waals surface area contributed by atoms with Gasteiger partial charge < -0.3 is 15.5 Å². The number of nitrogens with one attached hydrogen (secondary N) is 1. The molecule has 3 rings (SSSR count). The summed E-state index contributed by atoms with van der Waals surface area (Å²) in [6.45, 7) is 4.73. The van der Waals surface area contributed by atoms with E-state index in [2.05, 4.69) is 41.3 Å². The molecular formula is C21H24N4O. The lowest BCUT2D eigenvalue weighted by Gasteiger charge is -2.06. The smallest absolute Gasteiger partial charge is 0.226 e. The molecule has 0 amide bonds. The fraction of sp³-hybridized carbons (Fsp3) is 0.238. The number of nitrogens with zero attached hydrogens (tertiary/aromatic N) is 2. The number of hydrogen-bond acceptors (Lipinski definition) is 3. The monoisotopic (exact) mass is 348 g/mol. The summed E-state index contributed by atoms with van der Waals surface area (Å²) in [5, 5.41) is 3.12. The number of hydrogen-bond donors (Lipinski definition) is 2. The van der Waals surface area contributed by atoms with Crippen molar-refractivity contribution in [1.29, 1.82) is 0 Å². The Balaban J connectivity index is 1.55. The molecule has 134 valence electrons. The van der Waals surface area contributed by atoms with Crippen molar-refractivity contribution in [2.75, 3.05) is 11.9 Å². The number of aliphatic imine (C=N–C) groups is 1. The van der Waals surface area contributed by atoms with Gasteiger partial charge in [0.05, 0.1) is 5.69 Å². The number of oxazole rings is 1. The molecule has 2 aromatic carbocycles. The molecule has 0 unspecified atom stereocenters. The molecule has 1 heterocycles. The van der Waals surface area contributed by atoms with Crippen molar-refractivity contribution < 1.29 is 4.42 Å². The predicted octanol–water partition coefficient (Wildman–Crippen LogP) is 4.18. The van der Waals surface area contributed by atoms with Gasteiger partial charge in [-0.25, -0.2) is 4.98 Å². The number of anilines is 1. The van der Waals surface area contributed by atoms with Crippen molar-refractivity contribution in [1.82, 2.24) is 4.98 Å². The van der Waals surface area contributed by atoms with Gasteiger partial charge in [0, 0.05) is 24.2 Å². The van der Waals surface area contributed by atoms with Crippen molar-refractivity contribution in [2.45, 2.75) is 26.7 Å². The Labute approximate surface area is 154 Å². The Morgan fingerprint density at radius 3 is 2.77 bits per heavy atom. The van der Waals surface area contributed by atoms with E-state index in [4.69, 9.17) is 10.2 Å². The summed E-state index contributed by atoms with van der Waals surface area (Å²) in [5.41, 5.74) is 11.2. The molecule has 0 aliphatic rings. The molecule has 3 N–H and O–H groups in total. The van der Waals surface area contributed by atoms with Crippen LogP contribution in [0.1, 0.15) is 23.7 Å². The van der Waals surface area contributed by atoms with Crippen molar-refractivity contribution in [3.63, 3.8) is 0 Å². The summed E-state index contributed by atoms with van der Waals surface area (Å²) in [4.78, 5) is 8.88.